The van der Waals surface area contributed by atoms with Crippen molar-refractivity contribution < 1.29 is 9.47 Å². The molecule has 26 heavy (non-hydrogen) atoms. The number of nitrogens with zero attached hydrogens (tertiary/aromatic N) is 1. The number of thioether (sulfide) groups is 1. The smallest absolute Gasteiger partial charge is 0.191 e. The van der Waals surface area contributed by atoms with Crippen molar-refractivity contribution >= 4 is 17.7 Å². The van der Waals surface area contributed by atoms with E-state index in [1.54, 1.807) is 0 Å². The van der Waals surface area contributed by atoms with Crippen molar-refractivity contribution in [1.29, 1.82) is 0 Å². The minimum atomic E-state index is 0.237. The zero-order valence-electron chi connectivity index (χ0n) is 15.9. The minimum Gasteiger partial charge on any atom is -0.493 e. The Morgan fingerprint density at radius 1 is 1.27 bits per heavy atom. The maximum Gasteiger partial charge on any atom is 0.191 e. The van der Waals surface area contributed by atoms with E-state index < -0.39 is 0 Å². The van der Waals surface area contributed by atoms with Crippen molar-refractivity contribution in [1.82, 2.24) is 10.6 Å². The summed E-state index contributed by atoms with van der Waals surface area (Å²) < 4.78 is 11.8. The van der Waals surface area contributed by atoms with Crippen LogP contribution in [0.1, 0.15) is 31.2 Å². The van der Waals surface area contributed by atoms with Gasteiger partial charge >= 0.3 is 0 Å². The third-order valence-electron chi connectivity index (χ3n) is 5.23. The maximum atomic E-state index is 6.00. The van der Waals surface area contributed by atoms with Crippen molar-refractivity contribution in [2.24, 2.45) is 10.9 Å². The van der Waals surface area contributed by atoms with E-state index in [0.717, 1.165) is 56.8 Å². The van der Waals surface area contributed by atoms with Gasteiger partial charge in [-0.1, -0.05) is 18.2 Å². The van der Waals surface area contributed by atoms with Crippen LogP contribution in [0, 0.1) is 5.92 Å². The molecule has 2 aliphatic rings. The number of para-hydroxylation sites is 1. The molecule has 0 spiro atoms. The number of hydrogen-bond acceptors (Lipinski definition) is 4. The van der Waals surface area contributed by atoms with E-state index >= 15 is 0 Å². The molecule has 0 radical (unpaired) electrons. The molecule has 0 bridgehead atoms. The molecule has 5 nitrogen and oxygen atoms in total. The molecule has 1 aliphatic heterocycles. The van der Waals surface area contributed by atoms with Gasteiger partial charge in [-0.05, 0) is 43.9 Å². The molecule has 3 rings (SSSR count). The Morgan fingerprint density at radius 2 is 2.04 bits per heavy atom. The van der Waals surface area contributed by atoms with E-state index in [1.807, 2.05) is 24.9 Å². The van der Waals surface area contributed by atoms with Crippen LogP contribution >= 0.6 is 11.8 Å². The third kappa shape index (κ3) is 5.55. The first-order chi connectivity index (χ1) is 12.7. The van der Waals surface area contributed by atoms with E-state index in [1.165, 1.54) is 18.4 Å². The second-order valence-corrected chi connectivity index (χ2v) is 8.42. The van der Waals surface area contributed by atoms with Crippen LogP contribution in [0.4, 0.5) is 0 Å². The van der Waals surface area contributed by atoms with Gasteiger partial charge in [0.15, 0.2) is 5.96 Å². The van der Waals surface area contributed by atoms with Gasteiger partial charge in [0.1, 0.15) is 5.75 Å². The first-order valence-corrected chi connectivity index (χ1v) is 10.8. The van der Waals surface area contributed by atoms with E-state index in [4.69, 9.17) is 9.47 Å². The number of guanidine groups is 1. The predicted octanol–water partition coefficient (Wildman–Crippen LogP) is 3.05. The summed E-state index contributed by atoms with van der Waals surface area (Å²) in [5.41, 5.74) is 1.17. The van der Waals surface area contributed by atoms with E-state index in [9.17, 15) is 0 Å². The van der Waals surface area contributed by atoms with Crippen molar-refractivity contribution in [3.63, 3.8) is 0 Å². The fourth-order valence-electron chi connectivity index (χ4n) is 3.12. The van der Waals surface area contributed by atoms with Gasteiger partial charge in [0, 0.05) is 43.7 Å². The minimum absolute atomic E-state index is 0.237. The average molecular weight is 378 g/mol. The van der Waals surface area contributed by atoms with Gasteiger partial charge in [0.2, 0.25) is 0 Å². The van der Waals surface area contributed by atoms with Crippen LogP contribution in [0.3, 0.4) is 0 Å². The Morgan fingerprint density at radius 3 is 2.73 bits per heavy atom. The fraction of sp³-hybridized carbons (Fsp3) is 0.650. The van der Waals surface area contributed by atoms with Gasteiger partial charge in [-0.25, -0.2) is 0 Å². The van der Waals surface area contributed by atoms with Gasteiger partial charge in [-0.15, -0.1) is 0 Å². The SMILES string of the molecule is CN=C(NCc1ccccc1OCC1CC1)NCC1(SC)CCOCC1. The molecule has 2 N–H and O–H groups in total. The Labute approximate surface area is 161 Å². The highest BCUT2D eigenvalue weighted by atomic mass is 32.2. The highest BCUT2D eigenvalue weighted by Gasteiger charge is 2.31. The lowest BCUT2D eigenvalue weighted by Crippen LogP contribution is -2.47. The Balaban J connectivity index is 1.50. The molecule has 1 aromatic carbocycles. The number of hydrogen-bond donors (Lipinski definition) is 2. The lowest BCUT2D eigenvalue weighted by atomic mass is 9.99. The number of benzene rings is 1. The Hall–Kier alpha value is -1.40. The summed E-state index contributed by atoms with van der Waals surface area (Å²) in [6, 6.07) is 8.26. The van der Waals surface area contributed by atoms with Crippen LogP contribution in [0.15, 0.2) is 29.3 Å². The number of aliphatic imine (C=N–C) groups is 1. The standard InChI is InChI=1S/C20H31N3O2S/c1-21-19(23-15-20(26-2)9-11-24-12-10-20)22-13-17-5-3-4-6-18(17)25-14-16-7-8-16/h3-6,16H,7-15H2,1-2H3,(H2,21,22,23). The second kappa shape index (κ2) is 9.51. The van der Waals surface area contributed by atoms with Crippen LogP contribution in [0.5, 0.6) is 5.75 Å². The number of ether oxygens (including phenoxy) is 2. The summed E-state index contributed by atoms with van der Waals surface area (Å²) in [6.07, 6.45) is 6.96. The highest BCUT2D eigenvalue weighted by molar-refractivity contribution is 8.00. The monoisotopic (exact) mass is 377 g/mol. The van der Waals surface area contributed by atoms with Gasteiger partial charge < -0.3 is 20.1 Å². The largest absolute Gasteiger partial charge is 0.493 e. The topological polar surface area (TPSA) is 54.9 Å². The summed E-state index contributed by atoms with van der Waals surface area (Å²) in [6.45, 7) is 4.13. The molecule has 1 saturated heterocycles. The molecule has 6 heteroatoms. The van der Waals surface area contributed by atoms with Crippen molar-refractivity contribution in [2.75, 3.05) is 39.7 Å². The van der Waals surface area contributed by atoms with E-state index in [-0.39, 0.29) is 4.75 Å². The second-order valence-electron chi connectivity index (χ2n) is 7.14. The van der Waals surface area contributed by atoms with Crippen LogP contribution < -0.4 is 15.4 Å². The molecule has 144 valence electrons. The predicted molar refractivity (Wildman–Crippen MR) is 109 cm³/mol. The Bertz CT molecular complexity index is 598. The first kappa shape index (κ1) is 19.4. The highest BCUT2D eigenvalue weighted by Crippen LogP contribution is 2.33. The summed E-state index contributed by atoms with van der Waals surface area (Å²) in [4.78, 5) is 4.38. The summed E-state index contributed by atoms with van der Waals surface area (Å²) in [5.74, 6) is 2.57. The molecular weight excluding hydrogens is 346 g/mol. The lowest BCUT2D eigenvalue weighted by molar-refractivity contribution is 0.0783. The summed E-state index contributed by atoms with van der Waals surface area (Å²) in [7, 11) is 1.82. The van der Waals surface area contributed by atoms with Crippen molar-refractivity contribution in [3.05, 3.63) is 29.8 Å². The third-order valence-corrected chi connectivity index (χ3v) is 6.65. The normalized spacial score (nSPS) is 19.8. The zero-order valence-corrected chi connectivity index (χ0v) is 16.7. The van der Waals surface area contributed by atoms with Crippen LogP contribution in [-0.4, -0.2) is 50.4 Å². The van der Waals surface area contributed by atoms with E-state index in [0.29, 0.717) is 6.54 Å². The van der Waals surface area contributed by atoms with Gasteiger partial charge in [-0.3, -0.25) is 4.99 Å². The van der Waals surface area contributed by atoms with E-state index in [2.05, 4.69) is 40.1 Å². The molecule has 1 aliphatic carbocycles. The Kier molecular flexibility index (Phi) is 7.08. The molecule has 0 amide bonds. The zero-order chi connectivity index (χ0) is 18.2. The molecule has 1 aromatic rings. The van der Waals surface area contributed by atoms with Crippen LogP contribution in [-0.2, 0) is 11.3 Å². The van der Waals surface area contributed by atoms with Crippen molar-refractivity contribution in [3.8, 4) is 5.75 Å². The van der Waals surface area contributed by atoms with Crippen LogP contribution in [0.25, 0.3) is 0 Å². The van der Waals surface area contributed by atoms with Gasteiger partial charge in [0.05, 0.1) is 6.61 Å². The summed E-state index contributed by atoms with van der Waals surface area (Å²) >= 11 is 1.93. The van der Waals surface area contributed by atoms with Gasteiger partial charge in [-0.2, -0.15) is 11.8 Å². The van der Waals surface area contributed by atoms with Crippen LogP contribution in [0.2, 0.25) is 0 Å². The maximum absolute atomic E-state index is 6.00. The molecular formula is C20H31N3O2S. The molecule has 0 aromatic heterocycles. The molecule has 1 heterocycles. The first-order valence-electron chi connectivity index (χ1n) is 9.53. The number of nitrogens with one attached hydrogen (secondary N) is 2. The van der Waals surface area contributed by atoms with Crippen molar-refractivity contribution in [2.45, 2.75) is 37.0 Å². The lowest BCUT2D eigenvalue weighted by Gasteiger charge is -2.36. The quantitative estimate of drug-likeness (QED) is 0.539. The average Bonchev–Trinajstić information content (AvgIpc) is 3.52. The summed E-state index contributed by atoms with van der Waals surface area (Å²) in [5, 5.41) is 6.93. The molecule has 0 atom stereocenters. The molecule has 1 saturated carbocycles. The fourth-order valence-corrected chi connectivity index (χ4v) is 3.92. The number of rotatable bonds is 8. The molecule has 2 fully saturated rings. The molecule has 0 unspecified atom stereocenters. The van der Waals surface area contributed by atoms with Gasteiger partial charge in [0.25, 0.3) is 0 Å².